The van der Waals surface area contributed by atoms with E-state index in [1.54, 1.807) is 7.05 Å². The highest BCUT2D eigenvalue weighted by molar-refractivity contribution is 7.09. The Bertz CT molecular complexity index is 760. The van der Waals surface area contributed by atoms with Crippen molar-refractivity contribution in [3.63, 3.8) is 0 Å². The molecule has 9 heteroatoms. The molecule has 1 aliphatic rings. The van der Waals surface area contributed by atoms with E-state index in [0.717, 1.165) is 42.8 Å². The van der Waals surface area contributed by atoms with Gasteiger partial charge in [0.05, 0.1) is 6.54 Å². The zero-order valence-electron chi connectivity index (χ0n) is 15.0. The van der Waals surface area contributed by atoms with Gasteiger partial charge in [-0.15, -0.1) is 11.3 Å². The van der Waals surface area contributed by atoms with Gasteiger partial charge >= 0.3 is 6.18 Å². The first-order valence-electron chi connectivity index (χ1n) is 8.72. The zero-order valence-corrected chi connectivity index (χ0v) is 15.8. The molecule has 1 atom stereocenters. The maximum Gasteiger partial charge on any atom is 0.434 e. The second-order valence-corrected chi connectivity index (χ2v) is 7.31. The van der Waals surface area contributed by atoms with Gasteiger partial charge in [0, 0.05) is 37.7 Å². The Morgan fingerprint density at radius 2 is 2.07 bits per heavy atom. The van der Waals surface area contributed by atoms with E-state index in [-0.39, 0.29) is 6.54 Å². The fourth-order valence-corrected chi connectivity index (χ4v) is 3.76. The van der Waals surface area contributed by atoms with Gasteiger partial charge in [-0.25, -0.2) is 4.98 Å². The summed E-state index contributed by atoms with van der Waals surface area (Å²) in [5, 5.41) is 7.69. The van der Waals surface area contributed by atoms with Gasteiger partial charge in [0.1, 0.15) is 5.01 Å². The van der Waals surface area contributed by atoms with Crippen molar-refractivity contribution in [2.24, 2.45) is 10.9 Å². The Morgan fingerprint density at radius 1 is 1.30 bits per heavy atom. The largest absolute Gasteiger partial charge is 0.434 e. The minimum Gasteiger partial charge on any atom is -0.371 e. The van der Waals surface area contributed by atoms with E-state index in [0.29, 0.717) is 16.9 Å². The molecule has 0 spiro atoms. The maximum atomic E-state index is 12.6. The Balaban J connectivity index is 1.44. The maximum absolute atomic E-state index is 12.6. The highest BCUT2D eigenvalue weighted by Crippen LogP contribution is 2.30. The molecule has 2 aromatic rings. The molecular weight excluding hydrogens is 375 g/mol. The second kappa shape index (κ2) is 8.60. The molecule has 2 N–H and O–H groups in total. The number of aromatic nitrogens is 1. The van der Waals surface area contributed by atoms with E-state index < -0.39 is 11.9 Å². The molecular formula is C18H22F3N5S. The summed E-state index contributed by atoms with van der Waals surface area (Å²) in [5.74, 6) is 1.05. The van der Waals surface area contributed by atoms with Gasteiger partial charge in [-0.1, -0.05) is 18.2 Å². The lowest BCUT2D eigenvalue weighted by atomic mass is 10.1. The number of anilines is 1. The van der Waals surface area contributed by atoms with Crippen molar-refractivity contribution < 1.29 is 13.2 Å². The summed E-state index contributed by atoms with van der Waals surface area (Å²) in [7, 11) is 1.64. The van der Waals surface area contributed by atoms with Gasteiger partial charge in [0.2, 0.25) is 0 Å². The molecule has 2 heterocycles. The fraction of sp³-hybridized carbons (Fsp3) is 0.444. The molecule has 0 amide bonds. The van der Waals surface area contributed by atoms with E-state index in [2.05, 4.69) is 37.6 Å². The van der Waals surface area contributed by atoms with Crippen LogP contribution in [0.2, 0.25) is 0 Å². The molecule has 3 rings (SSSR count). The molecule has 27 heavy (non-hydrogen) atoms. The quantitative estimate of drug-likeness (QED) is 0.600. The van der Waals surface area contributed by atoms with Crippen LogP contribution in [0.5, 0.6) is 0 Å². The van der Waals surface area contributed by atoms with E-state index in [1.807, 2.05) is 18.2 Å². The standard InChI is InChI=1S/C18H22F3N5S/c1-22-17(24-10-16-25-15(12-27-16)18(19,20)21)23-9-13-7-8-26(11-13)14-5-3-2-4-6-14/h2-6,12-13H,7-11H2,1H3,(H2,22,23,24). The number of benzene rings is 1. The molecule has 1 fully saturated rings. The summed E-state index contributed by atoms with van der Waals surface area (Å²) in [6.07, 6.45) is -3.32. The van der Waals surface area contributed by atoms with Gasteiger partial charge in [-0.3, -0.25) is 4.99 Å². The topological polar surface area (TPSA) is 52.6 Å². The van der Waals surface area contributed by atoms with E-state index in [4.69, 9.17) is 0 Å². The average molecular weight is 397 g/mol. The van der Waals surface area contributed by atoms with Gasteiger partial charge in [-0.05, 0) is 24.5 Å². The third kappa shape index (κ3) is 5.35. The Labute approximate surface area is 160 Å². The van der Waals surface area contributed by atoms with E-state index in [9.17, 15) is 13.2 Å². The third-order valence-corrected chi connectivity index (χ3v) is 5.29. The Morgan fingerprint density at radius 3 is 2.74 bits per heavy atom. The van der Waals surface area contributed by atoms with Crippen molar-refractivity contribution in [1.82, 2.24) is 15.6 Å². The summed E-state index contributed by atoms with van der Waals surface area (Å²) in [6.45, 7) is 2.95. The molecule has 146 valence electrons. The van der Waals surface area contributed by atoms with Crippen LogP contribution in [0.15, 0.2) is 40.7 Å². The van der Waals surface area contributed by atoms with Crippen molar-refractivity contribution in [2.75, 3.05) is 31.6 Å². The van der Waals surface area contributed by atoms with Gasteiger partial charge in [0.25, 0.3) is 0 Å². The second-order valence-electron chi connectivity index (χ2n) is 6.37. The number of alkyl halides is 3. The lowest BCUT2D eigenvalue weighted by molar-refractivity contribution is -0.140. The van der Waals surface area contributed by atoms with Crippen LogP contribution in [0.3, 0.4) is 0 Å². The molecule has 0 radical (unpaired) electrons. The van der Waals surface area contributed by atoms with E-state index >= 15 is 0 Å². The molecule has 5 nitrogen and oxygen atoms in total. The summed E-state index contributed by atoms with van der Waals surface area (Å²) < 4.78 is 37.8. The highest BCUT2D eigenvalue weighted by atomic mass is 32.1. The molecule has 1 aliphatic heterocycles. The number of aliphatic imine (C=N–C) groups is 1. The first-order valence-corrected chi connectivity index (χ1v) is 9.60. The lowest BCUT2D eigenvalue weighted by Gasteiger charge is -2.19. The normalized spacial score (nSPS) is 18.0. The van der Waals surface area contributed by atoms with Gasteiger partial charge in [0.15, 0.2) is 11.7 Å². The number of nitrogens with one attached hydrogen (secondary N) is 2. The van der Waals surface area contributed by atoms with E-state index in [1.165, 1.54) is 5.69 Å². The number of rotatable bonds is 5. The molecule has 1 unspecified atom stereocenters. The molecule has 1 saturated heterocycles. The molecule has 0 aliphatic carbocycles. The van der Waals surface area contributed by atoms with Gasteiger partial charge in [-0.2, -0.15) is 13.2 Å². The molecule has 0 saturated carbocycles. The van der Waals surface area contributed by atoms with Crippen LogP contribution in [0.25, 0.3) is 0 Å². The van der Waals surface area contributed by atoms with Crippen LogP contribution >= 0.6 is 11.3 Å². The van der Waals surface area contributed by atoms with Crippen LogP contribution in [-0.2, 0) is 12.7 Å². The molecule has 0 bridgehead atoms. The van der Waals surface area contributed by atoms with Crippen molar-refractivity contribution in [1.29, 1.82) is 0 Å². The highest BCUT2D eigenvalue weighted by Gasteiger charge is 2.33. The van der Waals surface area contributed by atoms with Crippen molar-refractivity contribution >= 4 is 23.0 Å². The first kappa shape index (κ1) is 19.5. The van der Waals surface area contributed by atoms with Crippen LogP contribution in [-0.4, -0.2) is 37.6 Å². The molecule has 1 aromatic carbocycles. The summed E-state index contributed by atoms with van der Waals surface area (Å²) >= 11 is 0.987. The summed E-state index contributed by atoms with van der Waals surface area (Å²) in [6, 6.07) is 10.3. The number of thiazole rings is 1. The fourth-order valence-electron chi connectivity index (χ4n) is 3.02. The smallest absolute Gasteiger partial charge is 0.371 e. The Kier molecular flexibility index (Phi) is 6.20. The molecule has 1 aromatic heterocycles. The van der Waals surface area contributed by atoms with Crippen LogP contribution < -0.4 is 15.5 Å². The number of para-hydroxylation sites is 1. The van der Waals surface area contributed by atoms with Crippen LogP contribution in [0.4, 0.5) is 18.9 Å². The summed E-state index contributed by atoms with van der Waals surface area (Å²) in [5.41, 5.74) is 0.381. The minimum atomic E-state index is -4.40. The monoisotopic (exact) mass is 397 g/mol. The van der Waals surface area contributed by atoms with Crippen molar-refractivity contribution in [3.8, 4) is 0 Å². The SMILES string of the molecule is CN=C(NCc1nc(C(F)(F)F)cs1)NCC1CCN(c2ccccc2)C1. The van der Waals surface area contributed by atoms with Crippen LogP contribution in [0, 0.1) is 5.92 Å². The average Bonchev–Trinajstić information content (AvgIpc) is 3.32. The van der Waals surface area contributed by atoms with Crippen LogP contribution in [0.1, 0.15) is 17.1 Å². The number of nitrogens with zero attached hydrogens (tertiary/aromatic N) is 3. The summed E-state index contributed by atoms with van der Waals surface area (Å²) in [4.78, 5) is 10.1. The van der Waals surface area contributed by atoms with Crippen molar-refractivity contribution in [2.45, 2.75) is 19.1 Å². The third-order valence-electron chi connectivity index (χ3n) is 4.44. The first-order chi connectivity index (χ1) is 13.0. The lowest BCUT2D eigenvalue weighted by Crippen LogP contribution is -2.39. The predicted octanol–water partition coefficient (Wildman–Crippen LogP) is 3.35. The van der Waals surface area contributed by atoms with Crippen molar-refractivity contribution in [3.05, 3.63) is 46.4 Å². The predicted molar refractivity (Wildman–Crippen MR) is 102 cm³/mol. The minimum absolute atomic E-state index is 0.210. The number of halogens is 3. The Hall–Kier alpha value is -2.29. The number of guanidine groups is 1. The number of hydrogen-bond acceptors (Lipinski definition) is 4. The van der Waals surface area contributed by atoms with Gasteiger partial charge < -0.3 is 15.5 Å². The number of hydrogen-bond donors (Lipinski definition) is 2. The zero-order chi connectivity index (χ0) is 19.3.